The number of nitrogens with one attached hydrogen (secondary N) is 1. The second kappa shape index (κ2) is 8.06. The van der Waals surface area contributed by atoms with Crippen LogP contribution in [-0.4, -0.2) is 28.3 Å². The Labute approximate surface area is 172 Å². The molecule has 0 bridgehead atoms. The third kappa shape index (κ3) is 3.56. The second-order valence-electron chi connectivity index (χ2n) is 7.22. The number of ether oxygens (including phenoxy) is 2. The van der Waals surface area contributed by atoms with Gasteiger partial charge in [0.25, 0.3) is 5.56 Å². The number of amides is 1. The van der Waals surface area contributed by atoms with Crippen molar-refractivity contribution in [2.75, 3.05) is 18.5 Å². The van der Waals surface area contributed by atoms with E-state index in [1.807, 2.05) is 13.8 Å². The first-order chi connectivity index (χ1) is 14.5. The summed E-state index contributed by atoms with van der Waals surface area (Å²) in [5.74, 6) is 0.808. The zero-order valence-electron chi connectivity index (χ0n) is 16.9. The average Bonchev–Trinajstić information content (AvgIpc) is 2.76. The minimum absolute atomic E-state index is 0.218. The Morgan fingerprint density at radius 3 is 2.60 bits per heavy atom. The lowest BCUT2D eigenvalue weighted by Gasteiger charge is -2.19. The predicted molar refractivity (Wildman–Crippen MR) is 114 cm³/mol. The van der Waals surface area contributed by atoms with Gasteiger partial charge in [-0.05, 0) is 37.6 Å². The number of fused-ring (bicyclic) bond motifs is 2. The van der Waals surface area contributed by atoms with Crippen LogP contribution in [0.1, 0.15) is 26.3 Å². The van der Waals surface area contributed by atoms with Crippen molar-refractivity contribution >= 4 is 22.5 Å². The van der Waals surface area contributed by atoms with E-state index in [-0.39, 0.29) is 24.1 Å². The van der Waals surface area contributed by atoms with Gasteiger partial charge in [-0.3, -0.25) is 18.7 Å². The number of carbonyl (C=O) groups excluding carboxylic acids is 1. The summed E-state index contributed by atoms with van der Waals surface area (Å²) in [5.41, 5.74) is 0.139. The molecule has 156 valence electrons. The topological polar surface area (TPSA) is 91.6 Å². The molecule has 1 N–H and O–H groups in total. The van der Waals surface area contributed by atoms with Crippen molar-refractivity contribution in [1.29, 1.82) is 0 Å². The first kappa shape index (κ1) is 19.8. The molecule has 0 fully saturated rings. The van der Waals surface area contributed by atoms with Crippen molar-refractivity contribution in [2.24, 2.45) is 0 Å². The molecule has 0 saturated heterocycles. The van der Waals surface area contributed by atoms with Gasteiger partial charge >= 0.3 is 5.69 Å². The van der Waals surface area contributed by atoms with E-state index in [9.17, 15) is 14.4 Å². The lowest BCUT2D eigenvalue weighted by molar-refractivity contribution is -0.116. The van der Waals surface area contributed by atoms with E-state index in [0.29, 0.717) is 47.7 Å². The first-order valence-electron chi connectivity index (χ1n) is 9.93. The van der Waals surface area contributed by atoms with Crippen molar-refractivity contribution in [3.63, 3.8) is 0 Å². The zero-order chi connectivity index (χ0) is 21.3. The summed E-state index contributed by atoms with van der Waals surface area (Å²) >= 11 is 0. The van der Waals surface area contributed by atoms with Crippen LogP contribution < -0.4 is 26.0 Å². The van der Waals surface area contributed by atoms with Gasteiger partial charge in [-0.1, -0.05) is 19.1 Å². The Kier molecular flexibility index (Phi) is 5.31. The lowest BCUT2D eigenvalue weighted by Crippen LogP contribution is -2.43. The van der Waals surface area contributed by atoms with Gasteiger partial charge in [0.1, 0.15) is 19.8 Å². The number of hydrogen-bond donors (Lipinski definition) is 1. The van der Waals surface area contributed by atoms with Gasteiger partial charge in [0.15, 0.2) is 11.5 Å². The number of hydrogen-bond acceptors (Lipinski definition) is 5. The molecule has 8 nitrogen and oxygen atoms in total. The van der Waals surface area contributed by atoms with Crippen LogP contribution in [-0.2, 0) is 11.3 Å². The van der Waals surface area contributed by atoms with Crippen molar-refractivity contribution in [2.45, 2.75) is 32.9 Å². The highest BCUT2D eigenvalue weighted by molar-refractivity contribution is 5.92. The normalized spacial score (nSPS) is 13.8. The highest BCUT2D eigenvalue weighted by Crippen LogP contribution is 2.32. The number of benzene rings is 2. The monoisotopic (exact) mass is 409 g/mol. The summed E-state index contributed by atoms with van der Waals surface area (Å²) in [7, 11) is 0. The molecule has 1 aromatic heterocycles. The number of anilines is 1. The zero-order valence-corrected chi connectivity index (χ0v) is 16.9. The van der Waals surface area contributed by atoms with E-state index in [0.717, 1.165) is 0 Å². The lowest BCUT2D eigenvalue weighted by atomic mass is 10.2. The smallest absolute Gasteiger partial charge is 0.332 e. The maximum atomic E-state index is 13.1. The molecule has 3 aromatic rings. The predicted octanol–water partition coefficient (Wildman–Crippen LogP) is 2.54. The Balaban J connectivity index is 1.69. The van der Waals surface area contributed by atoms with Gasteiger partial charge in [0.2, 0.25) is 5.91 Å². The van der Waals surface area contributed by atoms with E-state index < -0.39 is 5.69 Å². The minimum atomic E-state index is -0.495. The highest BCUT2D eigenvalue weighted by Gasteiger charge is 2.18. The van der Waals surface area contributed by atoms with E-state index in [1.54, 1.807) is 42.5 Å². The number of nitrogens with zero attached hydrogens (tertiary/aromatic N) is 2. The Bertz CT molecular complexity index is 1230. The fourth-order valence-corrected chi connectivity index (χ4v) is 3.53. The van der Waals surface area contributed by atoms with Crippen molar-refractivity contribution in [1.82, 2.24) is 9.13 Å². The van der Waals surface area contributed by atoms with Crippen LogP contribution in [0.5, 0.6) is 11.5 Å². The molecule has 0 spiro atoms. The fraction of sp³-hybridized carbons (Fsp3) is 0.318. The summed E-state index contributed by atoms with van der Waals surface area (Å²) in [6.07, 6.45) is 0.622. The van der Waals surface area contributed by atoms with Crippen LogP contribution in [0.25, 0.3) is 10.9 Å². The highest BCUT2D eigenvalue weighted by atomic mass is 16.6. The van der Waals surface area contributed by atoms with Crippen LogP contribution in [0.15, 0.2) is 52.1 Å². The number of para-hydroxylation sites is 1. The van der Waals surface area contributed by atoms with Crippen molar-refractivity contribution in [3.8, 4) is 11.5 Å². The molecule has 2 aromatic carbocycles. The number of aromatic nitrogens is 2. The molecular formula is C22H23N3O5. The maximum Gasteiger partial charge on any atom is 0.332 e. The molecule has 4 rings (SSSR count). The van der Waals surface area contributed by atoms with E-state index in [4.69, 9.17) is 9.47 Å². The van der Waals surface area contributed by atoms with Gasteiger partial charge < -0.3 is 14.8 Å². The molecule has 30 heavy (non-hydrogen) atoms. The van der Waals surface area contributed by atoms with Crippen LogP contribution in [0.4, 0.5) is 5.69 Å². The molecule has 8 heteroatoms. The first-order valence-corrected chi connectivity index (χ1v) is 9.93. The Hall–Kier alpha value is -3.55. The van der Waals surface area contributed by atoms with Gasteiger partial charge in [-0.2, -0.15) is 0 Å². The van der Waals surface area contributed by atoms with Crippen LogP contribution in [0.3, 0.4) is 0 Å². The molecule has 1 atom stereocenters. The molecule has 0 aliphatic carbocycles. The SMILES string of the molecule is CC[C@H](C)n1c(=O)c2ccccc2n(CC(=O)Nc2ccc3c(c2)OCCO3)c1=O. The molecule has 1 aliphatic rings. The van der Waals surface area contributed by atoms with Gasteiger partial charge in [0.05, 0.1) is 10.9 Å². The minimum Gasteiger partial charge on any atom is -0.486 e. The third-order valence-electron chi connectivity index (χ3n) is 5.24. The standard InChI is InChI=1S/C22H23N3O5/c1-3-14(2)25-21(27)16-6-4-5-7-17(16)24(22(25)28)13-20(26)23-15-8-9-18-19(12-15)30-11-10-29-18/h4-9,12,14H,3,10-11,13H2,1-2H3,(H,23,26)/t14-/m0/s1. The summed E-state index contributed by atoms with van der Waals surface area (Å²) in [6.45, 7) is 4.44. The van der Waals surface area contributed by atoms with Crippen LogP contribution in [0.2, 0.25) is 0 Å². The summed E-state index contributed by atoms with van der Waals surface area (Å²) in [5, 5.41) is 3.20. The van der Waals surface area contributed by atoms with Gasteiger partial charge in [-0.25, -0.2) is 4.79 Å². The molecule has 0 unspecified atom stereocenters. The third-order valence-corrected chi connectivity index (χ3v) is 5.24. The maximum absolute atomic E-state index is 13.1. The number of rotatable bonds is 5. The van der Waals surface area contributed by atoms with Crippen molar-refractivity contribution < 1.29 is 14.3 Å². The van der Waals surface area contributed by atoms with E-state index in [2.05, 4.69) is 5.32 Å². The quantitative estimate of drug-likeness (QED) is 0.699. The summed E-state index contributed by atoms with van der Waals surface area (Å²) in [6, 6.07) is 11.7. The van der Waals surface area contributed by atoms with Crippen LogP contribution in [0, 0.1) is 0 Å². The van der Waals surface area contributed by atoms with Gasteiger partial charge in [0, 0.05) is 17.8 Å². The molecule has 0 saturated carbocycles. The number of carbonyl (C=O) groups is 1. The fourth-order valence-electron chi connectivity index (χ4n) is 3.53. The van der Waals surface area contributed by atoms with Gasteiger partial charge in [-0.15, -0.1) is 0 Å². The summed E-state index contributed by atoms with van der Waals surface area (Å²) < 4.78 is 13.6. The summed E-state index contributed by atoms with van der Waals surface area (Å²) in [4.78, 5) is 38.7. The largest absolute Gasteiger partial charge is 0.486 e. The van der Waals surface area contributed by atoms with E-state index in [1.165, 1.54) is 9.13 Å². The Morgan fingerprint density at radius 1 is 1.10 bits per heavy atom. The molecule has 2 heterocycles. The second-order valence-corrected chi connectivity index (χ2v) is 7.22. The van der Waals surface area contributed by atoms with E-state index >= 15 is 0 Å². The Morgan fingerprint density at radius 2 is 1.83 bits per heavy atom. The van der Waals surface area contributed by atoms with Crippen molar-refractivity contribution in [3.05, 3.63) is 63.3 Å². The molecule has 0 radical (unpaired) electrons. The molecule has 1 aliphatic heterocycles. The molecule has 1 amide bonds. The van der Waals surface area contributed by atoms with Crippen LogP contribution >= 0.6 is 0 Å². The average molecular weight is 409 g/mol. The molecular weight excluding hydrogens is 386 g/mol.